The van der Waals surface area contributed by atoms with E-state index in [9.17, 15) is 0 Å². The molecule has 0 unspecified atom stereocenters. The zero-order valence-corrected chi connectivity index (χ0v) is 7.71. The van der Waals surface area contributed by atoms with Crippen LogP contribution in [0.15, 0.2) is 46.3 Å². The van der Waals surface area contributed by atoms with Crippen molar-refractivity contribution in [2.24, 2.45) is 0 Å². The molecule has 1 heterocycles. The summed E-state index contributed by atoms with van der Waals surface area (Å²) in [6, 6.07) is 11.9. The van der Waals surface area contributed by atoms with Crippen molar-refractivity contribution in [3.05, 3.63) is 36.4 Å². The first-order valence-corrected chi connectivity index (χ1v) is 4.70. The summed E-state index contributed by atoms with van der Waals surface area (Å²) in [5.41, 5.74) is 5.50. The van der Waals surface area contributed by atoms with Crippen molar-refractivity contribution in [1.82, 2.24) is 10.2 Å². The van der Waals surface area contributed by atoms with Gasteiger partial charge in [0.25, 0.3) is 0 Å². The van der Waals surface area contributed by atoms with Gasteiger partial charge in [-0.3, -0.25) is 5.10 Å². The van der Waals surface area contributed by atoms with Gasteiger partial charge in [0.05, 0.1) is 0 Å². The number of nitrogens with zero attached hydrogens (tertiary/aromatic N) is 1. The topological polar surface area (TPSA) is 54.7 Å². The summed E-state index contributed by atoms with van der Waals surface area (Å²) in [6.07, 6.45) is 0. The number of nitrogens with two attached hydrogens (primary N) is 1. The Morgan fingerprint density at radius 1 is 1.23 bits per heavy atom. The van der Waals surface area contributed by atoms with Gasteiger partial charge in [0.1, 0.15) is 10.8 Å². The predicted molar refractivity (Wildman–Crippen MR) is 53.6 cm³/mol. The van der Waals surface area contributed by atoms with Crippen LogP contribution < -0.4 is 5.73 Å². The van der Waals surface area contributed by atoms with E-state index in [-0.39, 0.29) is 0 Å². The Hall–Kier alpha value is -1.42. The molecule has 0 aliphatic carbocycles. The van der Waals surface area contributed by atoms with Gasteiger partial charge in [0.2, 0.25) is 0 Å². The van der Waals surface area contributed by atoms with Crippen LogP contribution in [0.25, 0.3) is 0 Å². The molecule has 3 N–H and O–H groups in total. The minimum Gasteiger partial charge on any atom is -0.384 e. The van der Waals surface area contributed by atoms with Crippen LogP contribution in [0.1, 0.15) is 0 Å². The Kier molecular flexibility index (Phi) is 2.23. The Morgan fingerprint density at radius 2 is 2.00 bits per heavy atom. The van der Waals surface area contributed by atoms with Crippen LogP contribution in [0.3, 0.4) is 0 Å². The third-order valence-electron chi connectivity index (χ3n) is 1.54. The molecule has 0 saturated carbocycles. The van der Waals surface area contributed by atoms with Crippen LogP contribution in [0.2, 0.25) is 0 Å². The van der Waals surface area contributed by atoms with E-state index in [1.807, 2.05) is 36.4 Å². The second kappa shape index (κ2) is 3.53. The molecule has 0 spiro atoms. The normalized spacial score (nSPS) is 10.2. The van der Waals surface area contributed by atoms with Crippen molar-refractivity contribution in [2.45, 2.75) is 9.92 Å². The van der Waals surface area contributed by atoms with Gasteiger partial charge < -0.3 is 5.73 Å². The predicted octanol–water partition coefficient (Wildman–Crippen LogP) is 2.14. The lowest BCUT2D eigenvalue weighted by molar-refractivity contribution is 1.01. The molecule has 2 rings (SSSR count). The smallest absolute Gasteiger partial charge is 0.125 e. The van der Waals surface area contributed by atoms with E-state index in [1.54, 1.807) is 11.8 Å². The van der Waals surface area contributed by atoms with E-state index in [4.69, 9.17) is 5.73 Å². The van der Waals surface area contributed by atoms with E-state index in [0.29, 0.717) is 5.82 Å². The van der Waals surface area contributed by atoms with Gasteiger partial charge in [-0.25, -0.2) is 0 Å². The molecule has 0 fully saturated rings. The number of H-pyrrole nitrogens is 1. The minimum absolute atomic E-state index is 0.596. The highest BCUT2D eigenvalue weighted by atomic mass is 32.2. The van der Waals surface area contributed by atoms with Crippen LogP contribution in [-0.4, -0.2) is 10.2 Å². The van der Waals surface area contributed by atoms with E-state index in [1.165, 1.54) is 0 Å². The van der Waals surface area contributed by atoms with Crippen molar-refractivity contribution in [2.75, 3.05) is 5.73 Å². The maximum atomic E-state index is 5.50. The fourth-order valence-electron chi connectivity index (χ4n) is 0.979. The molecule has 0 radical (unpaired) electrons. The zero-order chi connectivity index (χ0) is 9.10. The molecule has 13 heavy (non-hydrogen) atoms. The van der Waals surface area contributed by atoms with Gasteiger partial charge in [-0.05, 0) is 12.1 Å². The largest absolute Gasteiger partial charge is 0.384 e. The van der Waals surface area contributed by atoms with Crippen molar-refractivity contribution in [3.63, 3.8) is 0 Å². The number of aromatic nitrogens is 2. The fourth-order valence-corrected chi connectivity index (χ4v) is 1.79. The molecular formula is C9H9N3S. The van der Waals surface area contributed by atoms with E-state index < -0.39 is 0 Å². The van der Waals surface area contributed by atoms with E-state index in [2.05, 4.69) is 10.2 Å². The number of benzene rings is 1. The number of aromatic amines is 1. The number of nitrogens with one attached hydrogen (secondary N) is 1. The van der Waals surface area contributed by atoms with Crippen LogP contribution in [0, 0.1) is 0 Å². The second-order valence-electron chi connectivity index (χ2n) is 2.58. The SMILES string of the molecule is Nc1cc(Sc2ccccc2)n[nH]1. The Balaban J connectivity index is 2.15. The van der Waals surface area contributed by atoms with Crippen LogP contribution in [-0.2, 0) is 0 Å². The molecule has 66 valence electrons. The van der Waals surface area contributed by atoms with Gasteiger partial charge in [0, 0.05) is 11.0 Å². The van der Waals surface area contributed by atoms with Gasteiger partial charge in [0.15, 0.2) is 0 Å². The first kappa shape index (κ1) is 8.19. The highest BCUT2D eigenvalue weighted by molar-refractivity contribution is 7.99. The first-order chi connectivity index (χ1) is 6.34. The maximum absolute atomic E-state index is 5.50. The summed E-state index contributed by atoms with van der Waals surface area (Å²) in [5, 5.41) is 7.61. The number of hydrogen-bond donors (Lipinski definition) is 2. The van der Waals surface area contributed by atoms with Crippen molar-refractivity contribution >= 4 is 17.6 Å². The van der Waals surface area contributed by atoms with Crippen LogP contribution in [0.5, 0.6) is 0 Å². The van der Waals surface area contributed by atoms with Crippen LogP contribution in [0.4, 0.5) is 5.82 Å². The summed E-state index contributed by atoms with van der Waals surface area (Å²) in [7, 11) is 0. The summed E-state index contributed by atoms with van der Waals surface area (Å²) in [4.78, 5) is 1.16. The van der Waals surface area contributed by atoms with Crippen LogP contribution >= 0.6 is 11.8 Å². The molecule has 0 atom stereocenters. The lowest BCUT2D eigenvalue weighted by Crippen LogP contribution is -1.81. The Morgan fingerprint density at radius 3 is 2.62 bits per heavy atom. The first-order valence-electron chi connectivity index (χ1n) is 3.88. The average Bonchev–Trinajstić information content (AvgIpc) is 2.53. The number of nitrogen functional groups attached to an aromatic ring is 1. The van der Waals surface area contributed by atoms with Gasteiger partial charge in [-0.1, -0.05) is 30.0 Å². The Labute approximate surface area is 80.3 Å². The second-order valence-corrected chi connectivity index (χ2v) is 3.67. The van der Waals surface area contributed by atoms with Gasteiger partial charge >= 0.3 is 0 Å². The standard InChI is InChI=1S/C9H9N3S/c10-8-6-9(12-11-8)13-7-4-2-1-3-5-7/h1-6H,(H3,10,11,12). The zero-order valence-electron chi connectivity index (χ0n) is 6.90. The fraction of sp³-hybridized carbons (Fsp3) is 0. The molecule has 0 aliphatic rings. The van der Waals surface area contributed by atoms with Crippen molar-refractivity contribution < 1.29 is 0 Å². The van der Waals surface area contributed by atoms with E-state index >= 15 is 0 Å². The number of hydrogen-bond acceptors (Lipinski definition) is 3. The number of anilines is 1. The lowest BCUT2D eigenvalue weighted by atomic mass is 10.4. The molecule has 0 saturated heterocycles. The summed E-state index contributed by atoms with van der Waals surface area (Å²) >= 11 is 1.59. The summed E-state index contributed by atoms with van der Waals surface area (Å²) < 4.78 is 0. The highest BCUT2D eigenvalue weighted by Gasteiger charge is 1.99. The van der Waals surface area contributed by atoms with Crippen molar-refractivity contribution in [1.29, 1.82) is 0 Å². The van der Waals surface area contributed by atoms with Gasteiger partial charge in [-0.15, -0.1) is 0 Å². The third-order valence-corrected chi connectivity index (χ3v) is 2.47. The quantitative estimate of drug-likeness (QED) is 0.764. The molecule has 0 bridgehead atoms. The van der Waals surface area contributed by atoms with Crippen molar-refractivity contribution in [3.8, 4) is 0 Å². The molecular weight excluding hydrogens is 182 g/mol. The minimum atomic E-state index is 0.596. The molecule has 0 aliphatic heterocycles. The molecule has 2 aromatic rings. The Bertz CT molecular complexity index is 383. The lowest BCUT2D eigenvalue weighted by Gasteiger charge is -1.94. The average molecular weight is 191 g/mol. The molecule has 1 aromatic carbocycles. The van der Waals surface area contributed by atoms with E-state index in [0.717, 1.165) is 9.92 Å². The highest BCUT2D eigenvalue weighted by Crippen LogP contribution is 2.25. The molecule has 3 nitrogen and oxygen atoms in total. The van der Waals surface area contributed by atoms with Gasteiger partial charge in [-0.2, -0.15) is 5.10 Å². The summed E-state index contributed by atoms with van der Waals surface area (Å²) in [6.45, 7) is 0. The third kappa shape index (κ3) is 2.03. The number of rotatable bonds is 2. The maximum Gasteiger partial charge on any atom is 0.125 e. The summed E-state index contributed by atoms with van der Waals surface area (Å²) in [5.74, 6) is 0.596. The molecule has 4 heteroatoms. The molecule has 1 aromatic heterocycles. The monoisotopic (exact) mass is 191 g/mol. The molecule has 0 amide bonds.